The molecule has 0 amide bonds. The van der Waals surface area contributed by atoms with Crippen molar-refractivity contribution in [3.05, 3.63) is 35.4 Å². The smallest absolute Gasteiger partial charge is 0.0305 e. The minimum atomic E-state index is 1.15. The maximum Gasteiger partial charge on any atom is -0.0305 e. The van der Waals surface area contributed by atoms with Gasteiger partial charge in [-0.25, -0.2) is 0 Å². The monoisotopic (exact) mass is 176 g/mol. The average molecular weight is 176 g/mol. The van der Waals surface area contributed by atoms with Crippen LogP contribution in [0.15, 0.2) is 24.3 Å². The lowest BCUT2D eigenvalue weighted by atomic mass is 10.1. The molecule has 0 unspecified atom stereocenters. The molecule has 72 valence electrons. The van der Waals surface area contributed by atoms with Crippen LogP contribution < -0.4 is 0 Å². The molecule has 0 heteroatoms. The molecule has 0 aliphatic rings. The summed E-state index contributed by atoms with van der Waals surface area (Å²) in [5.74, 6) is 0. The van der Waals surface area contributed by atoms with Crippen LogP contribution >= 0.6 is 0 Å². The largest absolute Gasteiger partial charge is 0.124 e. The minimum absolute atomic E-state index is 1.15. The summed E-state index contributed by atoms with van der Waals surface area (Å²) >= 11 is 0. The number of hydrogen-bond donors (Lipinski definition) is 0. The molecular formula is C13H20. The van der Waals surface area contributed by atoms with E-state index >= 15 is 0 Å². The highest BCUT2D eigenvalue weighted by atomic mass is 13.9. The van der Waals surface area contributed by atoms with Gasteiger partial charge in [0.1, 0.15) is 0 Å². The molecule has 1 rings (SSSR count). The van der Waals surface area contributed by atoms with E-state index in [-0.39, 0.29) is 0 Å². The fraction of sp³-hybridized carbons (Fsp3) is 0.385. The number of hydrogen-bond acceptors (Lipinski definition) is 0. The molecule has 0 aromatic heterocycles. The summed E-state index contributed by atoms with van der Waals surface area (Å²) in [6.07, 6.45) is 9.15. The van der Waals surface area contributed by atoms with Crippen molar-refractivity contribution in [3.63, 3.8) is 0 Å². The highest BCUT2D eigenvalue weighted by Crippen LogP contribution is 2.06. The highest BCUT2D eigenvalue weighted by Gasteiger charge is 1.89. The second kappa shape index (κ2) is 10.8. The van der Waals surface area contributed by atoms with Crippen LogP contribution in [0.2, 0.25) is 0 Å². The molecule has 13 heavy (non-hydrogen) atoms. The van der Waals surface area contributed by atoms with Gasteiger partial charge in [-0.1, -0.05) is 45.0 Å². The van der Waals surface area contributed by atoms with Gasteiger partial charge >= 0.3 is 0 Å². The van der Waals surface area contributed by atoms with E-state index in [0.717, 1.165) is 6.42 Å². The molecule has 0 atom stereocenters. The van der Waals surface area contributed by atoms with Crippen molar-refractivity contribution in [2.24, 2.45) is 0 Å². The fourth-order valence-electron chi connectivity index (χ4n) is 1.01. The highest BCUT2D eigenvalue weighted by molar-refractivity contribution is 5.24. The van der Waals surface area contributed by atoms with E-state index in [1.54, 1.807) is 0 Å². The van der Waals surface area contributed by atoms with Gasteiger partial charge in [-0.2, -0.15) is 0 Å². The topological polar surface area (TPSA) is 0 Å². The number of rotatable bonds is 1. The van der Waals surface area contributed by atoms with Gasteiger partial charge in [0.25, 0.3) is 0 Å². The summed E-state index contributed by atoms with van der Waals surface area (Å²) in [5, 5.41) is 0. The van der Waals surface area contributed by atoms with E-state index in [1.807, 2.05) is 13.8 Å². The Labute approximate surface area is 83.0 Å². The summed E-state index contributed by atoms with van der Waals surface area (Å²) in [7, 11) is 0. The van der Waals surface area contributed by atoms with E-state index in [0.29, 0.717) is 0 Å². The lowest BCUT2D eigenvalue weighted by molar-refractivity contribution is 1.11. The predicted octanol–water partition coefficient (Wildman–Crippen LogP) is 3.83. The Morgan fingerprint density at radius 3 is 1.85 bits per heavy atom. The van der Waals surface area contributed by atoms with Crippen LogP contribution in [0.1, 0.15) is 31.9 Å². The zero-order valence-corrected chi connectivity index (χ0v) is 9.17. The predicted molar refractivity (Wildman–Crippen MR) is 61.8 cm³/mol. The number of benzene rings is 1. The van der Waals surface area contributed by atoms with Gasteiger partial charge in [0.2, 0.25) is 0 Å². The first kappa shape index (κ1) is 14.3. The molecule has 0 N–H and O–H groups in total. The van der Waals surface area contributed by atoms with Crippen LogP contribution in [-0.2, 0) is 6.42 Å². The third kappa shape index (κ3) is 5.99. The van der Waals surface area contributed by atoms with Gasteiger partial charge in [0, 0.05) is 0 Å². The van der Waals surface area contributed by atoms with Crippen LogP contribution in [0.4, 0.5) is 0 Å². The zero-order chi connectivity index (χ0) is 10.7. The summed E-state index contributed by atoms with van der Waals surface area (Å²) in [5.41, 5.74) is 2.86. The molecule has 1 aromatic carbocycles. The standard InChI is InChI=1S/C9H12.C2H6.C2H2/c1-3-9-7-5-4-6-8(9)2;2*1-2/h4-7H,3H2,1-2H3;1-2H3;1-2H. The van der Waals surface area contributed by atoms with E-state index in [2.05, 4.69) is 51.0 Å². The number of terminal acetylenes is 1. The maximum atomic E-state index is 4.00. The third-order valence-electron chi connectivity index (χ3n) is 1.64. The van der Waals surface area contributed by atoms with Gasteiger partial charge in [-0.3, -0.25) is 0 Å². The normalized spacial score (nSPS) is 7.23. The Hall–Kier alpha value is -1.22. The SMILES string of the molecule is C#C.CC.CCc1ccccc1C. The van der Waals surface area contributed by atoms with E-state index in [4.69, 9.17) is 0 Å². The molecule has 0 saturated carbocycles. The second-order valence-corrected chi connectivity index (χ2v) is 2.28. The Morgan fingerprint density at radius 2 is 1.54 bits per heavy atom. The molecule has 0 aliphatic carbocycles. The van der Waals surface area contributed by atoms with Crippen molar-refractivity contribution in [2.75, 3.05) is 0 Å². The van der Waals surface area contributed by atoms with Crippen LogP contribution in [0, 0.1) is 19.8 Å². The van der Waals surface area contributed by atoms with Gasteiger partial charge in [-0.15, -0.1) is 12.8 Å². The Morgan fingerprint density at radius 1 is 1.08 bits per heavy atom. The zero-order valence-electron chi connectivity index (χ0n) is 9.17. The fourth-order valence-corrected chi connectivity index (χ4v) is 1.01. The van der Waals surface area contributed by atoms with E-state index < -0.39 is 0 Å². The van der Waals surface area contributed by atoms with Gasteiger partial charge in [0.05, 0.1) is 0 Å². The number of aryl methyl sites for hydroxylation is 2. The van der Waals surface area contributed by atoms with Crippen LogP contribution in [0.25, 0.3) is 0 Å². The molecule has 0 spiro atoms. The Kier molecular flexibility index (Phi) is 11.9. The lowest BCUT2D eigenvalue weighted by Gasteiger charge is -1.98. The van der Waals surface area contributed by atoms with Crippen molar-refractivity contribution in [1.82, 2.24) is 0 Å². The molecule has 0 saturated heterocycles. The van der Waals surface area contributed by atoms with Crippen LogP contribution in [0.5, 0.6) is 0 Å². The van der Waals surface area contributed by atoms with Crippen molar-refractivity contribution >= 4 is 0 Å². The van der Waals surface area contributed by atoms with Gasteiger partial charge in [-0.05, 0) is 24.5 Å². The lowest BCUT2D eigenvalue weighted by Crippen LogP contribution is -1.82. The molecule has 0 fully saturated rings. The van der Waals surface area contributed by atoms with Gasteiger partial charge in [0.15, 0.2) is 0 Å². The van der Waals surface area contributed by atoms with Crippen molar-refractivity contribution in [1.29, 1.82) is 0 Å². The average Bonchev–Trinajstić information content (AvgIpc) is 2.24. The van der Waals surface area contributed by atoms with E-state index in [1.165, 1.54) is 11.1 Å². The molecule has 0 radical (unpaired) electrons. The molecule has 0 heterocycles. The quantitative estimate of drug-likeness (QED) is 0.570. The summed E-state index contributed by atoms with van der Waals surface area (Å²) in [6, 6.07) is 8.49. The minimum Gasteiger partial charge on any atom is -0.124 e. The first-order valence-electron chi connectivity index (χ1n) is 4.72. The van der Waals surface area contributed by atoms with Crippen molar-refractivity contribution < 1.29 is 0 Å². The van der Waals surface area contributed by atoms with Crippen molar-refractivity contribution in [2.45, 2.75) is 34.1 Å². The third-order valence-corrected chi connectivity index (χ3v) is 1.64. The second-order valence-electron chi connectivity index (χ2n) is 2.28. The van der Waals surface area contributed by atoms with Gasteiger partial charge < -0.3 is 0 Å². The summed E-state index contributed by atoms with van der Waals surface area (Å²) < 4.78 is 0. The first-order valence-corrected chi connectivity index (χ1v) is 4.72. The molecule has 0 aliphatic heterocycles. The molecule has 1 aromatic rings. The molecule has 0 bridgehead atoms. The van der Waals surface area contributed by atoms with Crippen LogP contribution in [0.3, 0.4) is 0 Å². The molecular weight excluding hydrogens is 156 g/mol. The Bertz CT molecular complexity index is 220. The van der Waals surface area contributed by atoms with Crippen LogP contribution in [-0.4, -0.2) is 0 Å². The summed E-state index contributed by atoms with van der Waals surface area (Å²) in [6.45, 7) is 8.33. The summed E-state index contributed by atoms with van der Waals surface area (Å²) in [4.78, 5) is 0. The maximum absolute atomic E-state index is 4.00. The molecule has 0 nitrogen and oxygen atoms in total. The Balaban J connectivity index is 0. The van der Waals surface area contributed by atoms with E-state index in [9.17, 15) is 0 Å². The first-order chi connectivity index (χ1) is 6.34. The van der Waals surface area contributed by atoms with Crippen molar-refractivity contribution in [3.8, 4) is 12.8 Å².